The van der Waals surface area contributed by atoms with Gasteiger partial charge in [0.2, 0.25) is 0 Å². The molecule has 36 heavy (non-hydrogen) atoms. The number of carbonyl (C=O) groups excluding carboxylic acids is 2. The second-order valence-corrected chi connectivity index (χ2v) is 9.69. The van der Waals surface area contributed by atoms with Gasteiger partial charge in [-0.1, -0.05) is 66.7 Å². The van der Waals surface area contributed by atoms with Gasteiger partial charge in [-0.05, 0) is 44.9 Å². The maximum absolute atomic E-state index is 13.2. The van der Waals surface area contributed by atoms with Gasteiger partial charge in [-0.2, -0.15) is 0 Å². The predicted octanol–water partition coefficient (Wildman–Crippen LogP) is 5.66. The van der Waals surface area contributed by atoms with Gasteiger partial charge in [0.1, 0.15) is 5.60 Å². The van der Waals surface area contributed by atoms with Crippen molar-refractivity contribution in [3.63, 3.8) is 0 Å². The number of esters is 1. The van der Waals surface area contributed by atoms with Crippen molar-refractivity contribution < 1.29 is 28.5 Å². The lowest BCUT2D eigenvalue weighted by molar-refractivity contribution is -0.144. The van der Waals surface area contributed by atoms with Crippen molar-refractivity contribution in [3.05, 3.63) is 83.9 Å². The van der Waals surface area contributed by atoms with Crippen LogP contribution in [0.5, 0.6) is 0 Å². The van der Waals surface area contributed by atoms with Crippen LogP contribution in [0.3, 0.4) is 0 Å². The molecule has 3 atom stereocenters. The number of hydrogen-bond acceptors (Lipinski definition) is 6. The Hall–Kier alpha value is -3.16. The standard InChI is InChI=1S/C29H37NO6/c1-5-34-27(31)18-23(20-33-19-22-12-8-6-9-13-22)16-17-26-30(28(32)36-29(2,3)4)25(21-35-26)24-14-10-7-11-15-24/h6-17,23,25-26H,5,18-21H2,1-4H3/b17-16+/t23-,25-,26+/m0/s1. The van der Waals surface area contributed by atoms with E-state index in [1.807, 2.05) is 93.6 Å². The SMILES string of the molecule is CCOC(=O)C[C@H](/C=C/[C@H]1OC[C@@H](c2ccccc2)N1C(=O)OC(C)(C)C)COCc1ccccc1. The molecule has 1 aliphatic rings. The Morgan fingerprint density at radius 3 is 2.39 bits per heavy atom. The first kappa shape index (κ1) is 27.4. The van der Waals surface area contributed by atoms with E-state index in [2.05, 4.69) is 0 Å². The zero-order valence-corrected chi connectivity index (χ0v) is 21.6. The zero-order valence-electron chi connectivity index (χ0n) is 21.6. The molecule has 7 nitrogen and oxygen atoms in total. The van der Waals surface area contributed by atoms with Gasteiger partial charge in [-0.3, -0.25) is 9.69 Å². The first-order chi connectivity index (χ1) is 17.3. The molecule has 7 heteroatoms. The van der Waals surface area contributed by atoms with E-state index in [4.69, 9.17) is 18.9 Å². The summed E-state index contributed by atoms with van der Waals surface area (Å²) in [5.74, 6) is -0.540. The number of amides is 1. The first-order valence-electron chi connectivity index (χ1n) is 12.4. The van der Waals surface area contributed by atoms with E-state index in [1.54, 1.807) is 11.8 Å². The van der Waals surface area contributed by atoms with Crippen LogP contribution in [0.4, 0.5) is 4.79 Å². The van der Waals surface area contributed by atoms with Gasteiger partial charge in [0, 0.05) is 5.92 Å². The smallest absolute Gasteiger partial charge is 0.413 e. The molecule has 2 aromatic rings. The number of hydrogen-bond donors (Lipinski definition) is 0. The number of rotatable bonds is 10. The quantitative estimate of drug-likeness (QED) is 0.313. The third-order valence-corrected chi connectivity index (χ3v) is 5.55. The Balaban J connectivity index is 1.75. The van der Waals surface area contributed by atoms with Gasteiger partial charge in [-0.25, -0.2) is 4.79 Å². The molecule has 0 spiro atoms. The molecule has 0 aromatic heterocycles. The lowest BCUT2D eigenvalue weighted by atomic mass is 10.1. The Morgan fingerprint density at radius 2 is 1.75 bits per heavy atom. The maximum atomic E-state index is 13.2. The summed E-state index contributed by atoms with van der Waals surface area (Å²) in [5, 5.41) is 0. The molecule has 0 aliphatic carbocycles. The molecule has 0 N–H and O–H groups in total. The fourth-order valence-electron chi connectivity index (χ4n) is 3.92. The molecule has 2 aromatic carbocycles. The average Bonchev–Trinajstić information content (AvgIpc) is 3.27. The van der Waals surface area contributed by atoms with E-state index in [9.17, 15) is 9.59 Å². The van der Waals surface area contributed by atoms with E-state index < -0.39 is 17.9 Å². The molecule has 1 heterocycles. The van der Waals surface area contributed by atoms with E-state index in [0.29, 0.717) is 26.4 Å². The molecule has 1 amide bonds. The fraction of sp³-hybridized carbons (Fsp3) is 0.448. The van der Waals surface area contributed by atoms with Crippen molar-refractivity contribution >= 4 is 12.1 Å². The Morgan fingerprint density at radius 1 is 1.08 bits per heavy atom. The van der Waals surface area contributed by atoms with Crippen LogP contribution >= 0.6 is 0 Å². The molecular weight excluding hydrogens is 458 g/mol. The van der Waals surface area contributed by atoms with Gasteiger partial charge >= 0.3 is 12.1 Å². The number of benzene rings is 2. The van der Waals surface area contributed by atoms with Crippen molar-refractivity contribution in [3.8, 4) is 0 Å². The van der Waals surface area contributed by atoms with E-state index in [-0.39, 0.29) is 24.3 Å². The summed E-state index contributed by atoms with van der Waals surface area (Å²) in [6.07, 6.45) is 2.76. The van der Waals surface area contributed by atoms with Gasteiger partial charge in [-0.15, -0.1) is 0 Å². The summed E-state index contributed by atoms with van der Waals surface area (Å²) in [6.45, 7) is 8.71. The molecule has 1 saturated heterocycles. The van der Waals surface area contributed by atoms with Gasteiger partial charge in [0.15, 0.2) is 6.23 Å². The lowest BCUT2D eigenvalue weighted by Crippen LogP contribution is -2.41. The summed E-state index contributed by atoms with van der Waals surface area (Å²) < 4.78 is 22.8. The van der Waals surface area contributed by atoms with Gasteiger partial charge in [0.25, 0.3) is 0 Å². The topological polar surface area (TPSA) is 74.3 Å². The van der Waals surface area contributed by atoms with Crippen LogP contribution in [0.2, 0.25) is 0 Å². The van der Waals surface area contributed by atoms with Gasteiger partial charge in [0.05, 0.1) is 38.9 Å². The minimum absolute atomic E-state index is 0.167. The molecule has 194 valence electrons. The van der Waals surface area contributed by atoms with Crippen molar-refractivity contribution in [1.29, 1.82) is 0 Å². The summed E-state index contributed by atoms with van der Waals surface area (Å²) >= 11 is 0. The molecule has 0 radical (unpaired) electrons. The summed E-state index contributed by atoms with van der Waals surface area (Å²) in [7, 11) is 0. The highest BCUT2D eigenvalue weighted by molar-refractivity contribution is 5.70. The summed E-state index contributed by atoms with van der Waals surface area (Å²) in [4.78, 5) is 27.0. The molecular formula is C29H37NO6. The van der Waals surface area contributed by atoms with Crippen molar-refractivity contribution in [2.75, 3.05) is 19.8 Å². The predicted molar refractivity (Wildman–Crippen MR) is 137 cm³/mol. The highest BCUT2D eigenvalue weighted by atomic mass is 16.6. The second kappa shape index (κ2) is 13.2. The van der Waals surface area contributed by atoms with E-state index >= 15 is 0 Å². The monoisotopic (exact) mass is 495 g/mol. The molecule has 0 bridgehead atoms. The Kier molecular flexibility index (Phi) is 10.1. The van der Waals surface area contributed by atoms with Crippen LogP contribution in [-0.2, 0) is 30.3 Å². The Bertz CT molecular complexity index is 986. The minimum Gasteiger partial charge on any atom is -0.466 e. The van der Waals surface area contributed by atoms with Crippen LogP contribution in [-0.4, -0.2) is 48.6 Å². The molecule has 3 rings (SSSR count). The third kappa shape index (κ3) is 8.50. The van der Waals surface area contributed by atoms with Crippen LogP contribution in [0.15, 0.2) is 72.8 Å². The first-order valence-corrected chi connectivity index (χ1v) is 12.4. The zero-order chi connectivity index (χ0) is 26.0. The highest BCUT2D eigenvalue weighted by Crippen LogP contribution is 2.33. The molecule has 0 unspecified atom stereocenters. The average molecular weight is 496 g/mol. The highest BCUT2D eigenvalue weighted by Gasteiger charge is 2.40. The normalized spacial score (nSPS) is 18.8. The van der Waals surface area contributed by atoms with Crippen molar-refractivity contribution in [1.82, 2.24) is 4.90 Å². The second-order valence-electron chi connectivity index (χ2n) is 9.69. The largest absolute Gasteiger partial charge is 0.466 e. The summed E-state index contributed by atoms with van der Waals surface area (Å²) in [5.41, 5.74) is 1.37. The van der Waals surface area contributed by atoms with Crippen LogP contribution in [0.25, 0.3) is 0 Å². The number of carbonyl (C=O) groups is 2. The van der Waals surface area contributed by atoms with Crippen LogP contribution in [0, 0.1) is 5.92 Å². The number of ether oxygens (including phenoxy) is 4. The molecule has 1 aliphatic heterocycles. The van der Waals surface area contributed by atoms with Crippen LogP contribution in [0.1, 0.15) is 51.3 Å². The molecule has 1 fully saturated rings. The van der Waals surface area contributed by atoms with E-state index in [0.717, 1.165) is 11.1 Å². The third-order valence-electron chi connectivity index (χ3n) is 5.55. The minimum atomic E-state index is -0.646. The maximum Gasteiger partial charge on any atom is 0.413 e. The number of nitrogens with zero attached hydrogens (tertiary/aromatic N) is 1. The summed E-state index contributed by atoms with van der Waals surface area (Å²) in [6, 6.07) is 19.3. The molecule has 0 saturated carbocycles. The van der Waals surface area contributed by atoms with E-state index in [1.165, 1.54) is 0 Å². The lowest BCUT2D eigenvalue weighted by Gasteiger charge is -2.30. The Labute approximate surface area is 214 Å². The van der Waals surface area contributed by atoms with Gasteiger partial charge < -0.3 is 18.9 Å². The van der Waals surface area contributed by atoms with Crippen LogP contribution < -0.4 is 0 Å². The fourth-order valence-corrected chi connectivity index (χ4v) is 3.92. The van der Waals surface area contributed by atoms with Crippen molar-refractivity contribution in [2.45, 2.75) is 58.6 Å². The van der Waals surface area contributed by atoms with Crippen molar-refractivity contribution in [2.24, 2.45) is 5.92 Å².